The average molecular weight is 419 g/mol. The fourth-order valence-electron chi connectivity index (χ4n) is 3.99. The molecule has 2 aromatic rings. The van der Waals surface area contributed by atoms with E-state index in [-0.39, 0.29) is 17.4 Å². The van der Waals surface area contributed by atoms with Crippen LogP contribution in [0.4, 0.5) is 29.6 Å². The van der Waals surface area contributed by atoms with Crippen molar-refractivity contribution in [2.45, 2.75) is 25.1 Å². The van der Waals surface area contributed by atoms with Gasteiger partial charge in [0.25, 0.3) is 0 Å². The highest BCUT2D eigenvalue weighted by Crippen LogP contribution is 2.49. The smallest absolute Gasteiger partial charge is 0.416 e. The summed E-state index contributed by atoms with van der Waals surface area (Å²) >= 11 is 0. The number of aromatic nitrogens is 2. The summed E-state index contributed by atoms with van der Waals surface area (Å²) in [7, 11) is 0. The van der Waals surface area contributed by atoms with Gasteiger partial charge in [-0.15, -0.1) is 0 Å². The van der Waals surface area contributed by atoms with Gasteiger partial charge in [-0.05, 0) is 31.0 Å². The Morgan fingerprint density at radius 1 is 1.17 bits per heavy atom. The lowest BCUT2D eigenvalue weighted by molar-refractivity contribution is -0.137. The molecule has 158 valence electrons. The number of anilines is 2. The molecule has 2 aromatic heterocycles. The van der Waals surface area contributed by atoms with Crippen molar-refractivity contribution in [1.29, 1.82) is 0 Å². The number of amides is 1. The Hall–Kier alpha value is -2.88. The summed E-state index contributed by atoms with van der Waals surface area (Å²) < 4.78 is 46.5. The molecule has 1 saturated carbocycles. The molecule has 1 unspecified atom stereocenters. The van der Waals surface area contributed by atoms with Crippen LogP contribution in [-0.4, -0.2) is 42.2 Å². The molecular formula is C20H20F3N5O2. The lowest BCUT2D eigenvalue weighted by Crippen LogP contribution is -2.44. The number of nitrogens with one attached hydrogen (secondary N) is 2. The van der Waals surface area contributed by atoms with E-state index in [9.17, 15) is 18.0 Å². The lowest BCUT2D eigenvalue weighted by atomic mass is 9.96. The molecule has 10 heteroatoms. The van der Waals surface area contributed by atoms with E-state index in [4.69, 9.17) is 4.74 Å². The Bertz CT molecular complexity index is 987. The fourth-order valence-corrected chi connectivity index (χ4v) is 3.99. The highest BCUT2D eigenvalue weighted by atomic mass is 19.4. The maximum Gasteiger partial charge on any atom is 0.416 e. The predicted octanol–water partition coefficient (Wildman–Crippen LogP) is 3.59. The number of pyridine rings is 2. The second-order valence-electron chi connectivity index (χ2n) is 7.74. The van der Waals surface area contributed by atoms with Gasteiger partial charge in [-0.3, -0.25) is 5.32 Å². The second-order valence-corrected chi connectivity index (χ2v) is 7.74. The highest BCUT2D eigenvalue weighted by Gasteiger charge is 2.42. The van der Waals surface area contributed by atoms with Crippen molar-refractivity contribution in [3.8, 4) is 11.3 Å². The molecule has 1 saturated heterocycles. The number of nitrogens with zero attached hydrogens (tertiary/aromatic N) is 3. The predicted molar refractivity (Wildman–Crippen MR) is 103 cm³/mol. The van der Waals surface area contributed by atoms with Crippen LogP contribution in [0.5, 0.6) is 0 Å². The average Bonchev–Trinajstić information content (AvgIpc) is 3.57. The van der Waals surface area contributed by atoms with Gasteiger partial charge < -0.3 is 15.0 Å². The molecule has 2 aliphatic heterocycles. The van der Waals surface area contributed by atoms with Crippen molar-refractivity contribution in [1.82, 2.24) is 15.3 Å². The first-order valence-electron chi connectivity index (χ1n) is 9.92. The molecular weight excluding hydrogens is 399 g/mol. The SMILES string of the molecule is O=C1Nc2nccc(-c3cc(C(F)(F)F)cc(N4CCNCC4)n3)c2C(C2CC2)O1. The maximum atomic E-state index is 13.7. The largest absolute Gasteiger partial charge is 0.441 e. The van der Waals surface area contributed by atoms with Gasteiger partial charge in [0.05, 0.1) is 11.3 Å². The normalized spacial score (nSPS) is 21.6. The minimum Gasteiger partial charge on any atom is -0.441 e. The number of alkyl halides is 3. The van der Waals surface area contributed by atoms with Crippen molar-refractivity contribution in [2.75, 3.05) is 36.4 Å². The van der Waals surface area contributed by atoms with Gasteiger partial charge in [-0.25, -0.2) is 14.8 Å². The summed E-state index contributed by atoms with van der Waals surface area (Å²) in [4.78, 5) is 22.6. The number of hydrogen-bond acceptors (Lipinski definition) is 6. The number of piperazine rings is 1. The van der Waals surface area contributed by atoms with E-state index in [1.54, 1.807) is 6.07 Å². The number of carbonyl (C=O) groups is 1. The molecule has 1 amide bonds. The Morgan fingerprint density at radius 2 is 1.93 bits per heavy atom. The van der Waals surface area contributed by atoms with Crippen LogP contribution in [-0.2, 0) is 10.9 Å². The number of halogens is 3. The van der Waals surface area contributed by atoms with Gasteiger partial charge in [0, 0.05) is 49.4 Å². The molecule has 0 bridgehead atoms. The molecule has 2 N–H and O–H groups in total. The summed E-state index contributed by atoms with van der Waals surface area (Å²) in [6.45, 7) is 2.52. The first-order valence-corrected chi connectivity index (χ1v) is 9.92. The Kier molecular flexibility index (Phi) is 4.53. The van der Waals surface area contributed by atoms with E-state index in [2.05, 4.69) is 20.6 Å². The van der Waals surface area contributed by atoms with Gasteiger partial charge in [-0.2, -0.15) is 13.2 Å². The molecule has 0 aromatic carbocycles. The molecule has 0 spiro atoms. The Morgan fingerprint density at radius 3 is 2.63 bits per heavy atom. The van der Waals surface area contributed by atoms with Crippen molar-refractivity contribution < 1.29 is 22.7 Å². The second kappa shape index (κ2) is 7.12. The standard InChI is InChI=1S/C20H20F3N5O2/c21-20(22,23)12-9-14(26-15(10-12)28-7-5-24-6-8-28)13-3-4-25-18-16(13)17(11-1-2-11)30-19(29)27-18/h3-4,9-11,17,24H,1-2,5-8H2,(H,25,27,29). The number of hydrogen-bond donors (Lipinski definition) is 2. The zero-order valence-electron chi connectivity index (χ0n) is 16.0. The number of ether oxygens (including phenoxy) is 1. The molecule has 30 heavy (non-hydrogen) atoms. The van der Waals surface area contributed by atoms with Crippen LogP contribution in [0.15, 0.2) is 24.4 Å². The van der Waals surface area contributed by atoms with Crippen LogP contribution in [0.1, 0.15) is 30.1 Å². The van der Waals surface area contributed by atoms with Gasteiger partial charge in [0.1, 0.15) is 17.7 Å². The Balaban J connectivity index is 1.65. The topological polar surface area (TPSA) is 79.4 Å². The van der Waals surface area contributed by atoms with Crippen LogP contribution in [0.2, 0.25) is 0 Å². The van der Waals surface area contributed by atoms with Gasteiger partial charge in [0.15, 0.2) is 0 Å². The zero-order valence-corrected chi connectivity index (χ0v) is 16.0. The van der Waals surface area contributed by atoms with E-state index in [1.165, 1.54) is 6.20 Å². The quantitative estimate of drug-likeness (QED) is 0.792. The molecule has 1 atom stereocenters. The monoisotopic (exact) mass is 419 g/mol. The fraction of sp³-hybridized carbons (Fsp3) is 0.450. The third kappa shape index (κ3) is 3.55. The third-order valence-electron chi connectivity index (χ3n) is 5.64. The molecule has 3 aliphatic rings. The van der Waals surface area contributed by atoms with Gasteiger partial charge in [0.2, 0.25) is 0 Å². The molecule has 1 aliphatic carbocycles. The number of fused-ring (bicyclic) bond motifs is 1. The molecule has 5 rings (SSSR count). The van der Waals surface area contributed by atoms with Crippen LogP contribution >= 0.6 is 0 Å². The van der Waals surface area contributed by atoms with E-state index in [0.29, 0.717) is 43.1 Å². The number of rotatable bonds is 3. The van der Waals surface area contributed by atoms with E-state index < -0.39 is 23.9 Å². The van der Waals surface area contributed by atoms with Crippen LogP contribution in [0.3, 0.4) is 0 Å². The molecule has 7 nitrogen and oxygen atoms in total. The first-order chi connectivity index (χ1) is 14.4. The first kappa shape index (κ1) is 19.1. The van der Waals surface area contributed by atoms with E-state index in [1.807, 2.05) is 4.90 Å². The van der Waals surface area contributed by atoms with Gasteiger partial charge >= 0.3 is 12.3 Å². The lowest BCUT2D eigenvalue weighted by Gasteiger charge is -2.30. The summed E-state index contributed by atoms with van der Waals surface area (Å²) in [6.07, 6.45) is -2.37. The summed E-state index contributed by atoms with van der Waals surface area (Å²) in [5.41, 5.74) is 0.537. The minimum atomic E-state index is -4.51. The molecule has 2 fully saturated rings. The highest BCUT2D eigenvalue weighted by molar-refractivity contribution is 5.89. The summed E-state index contributed by atoms with van der Waals surface area (Å²) in [6, 6.07) is 3.79. The van der Waals surface area contributed by atoms with E-state index in [0.717, 1.165) is 25.0 Å². The van der Waals surface area contributed by atoms with Crippen molar-refractivity contribution in [2.24, 2.45) is 5.92 Å². The van der Waals surface area contributed by atoms with Gasteiger partial charge in [-0.1, -0.05) is 0 Å². The zero-order chi connectivity index (χ0) is 20.9. The van der Waals surface area contributed by atoms with Crippen molar-refractivity contribution in [3.05, 3.63) is 35.5 Å². The van der Waals surface area contributed by atoms with Crippen molar-refractivity contribution >= 4 is 17.7 Å². The Labute approximate surface area is 170 Å². The minimum absolute atomic E-state index is 0.149. The number of carbonyl (C=O) groups excluding carboxylic acids is 1. The van der Waals surface area contributed by atoms with Crippen LogP contribution in [0, 0.1) is 5.92 Å². The summed E-state index contributed by atoms with van der Waals surface area (Å²) in [5, 5.41) is 5.75. The summed E-state index contributed by atoms with van der Waals surface area (Å²) in [5.74, 6) is 0.760. The van der Waals surface area contributed by atoms with Crippen LogP contribution < -0.4 is 15.5 Å². The van der Waals surface area contributed by atoms with E-state index >= 15 is 0 Å². The third-order valence-corrected chi connectivity index (χ3v) is 5.64. The van der Waals surface area contributed by atoms with Crippen molar-refractivity contribution in [3.63, 3.8) is 0 Å². The molecule has 0 radical (unpaired) electrons. The maximum absolute atomic E-state index is 13.7. The molecule has 4 heterocycles. The number of cyclic esters (lactones) is 1. The van der Waals surface area contributed by atoms with Crippen LogP contribution in [0.25, 0.3) is 11.3 Å².